The lowest BCUT2D eigenvalue weighted by molar-refractivity contribution is -0.148. The topological polar surface area (TPSA) is 95.4 Å². The van der Waals surface area contributed by atoms with Gasteiger partial charge in [-0.2, -0.15) is 0 Å². The molecule has 1 unspecified atom stereocenters. The van der Waals surface area contributed by atoms with Gasteiger partial charge in [-0.3, -0.25) is 14.7 Å². The number of carbonyl (C=O) groups is 2. The Morgan fingerprint density at radius 3 is 2.24 bits per heavy atom. The van der Waals surface area contributed by atoms with Crippen molar-refractivity contribution in [1.29, 1.82) is 0 Å². The second-order valence-electron chi connectivity index (χ2n) is 10.1. The van der Waals surface area contributed by atoms with Gasteiger partial charge in [0.15, 0.2) is 5.78 Å². The van der Waals surface area contributed by atoms with Crippen molar-refractivity contribution in [2.24, 2.45) is 22.2 Å². The minimum atomic E-state index is -0.665. The first-order valence-corrected chi connectivity index (χ1v) is 12.3. The maximum absolute atomic E-state index is 13.7. The Morgan fingerprint density at radius 2 is 1.71 bits per heavy atom. The van der Waals surface area contributed by atoms with E-state index in [-0.39, 0.29) is 17.7 Å². The predicted octanol–water partition coefficient (Wildman–Crippen LogP) is 5.61. The van der Waals surface area contributed by atoms with Crippen LogP contribution in [0.25, 0.3) is 11.3 Å². The van der Waals surface area contributed by atoms with Crippen LogP contribution in [0.1, 0.15) is 60.6 Å². The van der Waals surface area contributed by atoms with Gasteiger partial charge < -0.3 is 10.5 Å². The Kier molecular flexibility index (Phi) is 7.74. The van der Waals surface area contributed by atoms with Crippen molar-refractivity contribution >= 4 is 35.0 Å². The van der Waals surface area contributed by atoms with Crippen LogP contribution in [0.2, 0.25) is 0 Å². The molecule has 3 rings (SSSR count). The average molecular weight is 479 g/mol. The maximum Gasteiger partial charge on any atom is 0.316 e. The van der Waals surface area contributed by atoms with E-state index in [4.69, 9.17) is 15.6 Å². The van der Waals surface area contributed by atoms with Gasteiger partial charge in [-0.15, -0.1) is 0 Å². The van der Waals surface area contributed by atoms with E-state index in [1.165, 1.54) is 0 Å². The van der Waals surface area contributed by atoms with Crippen LogP contribution in [0.5, 0.6) is 0 Å². The number of rotatable bonds is 6. The number of esters is 1. The Morgan fingerprint density at radius 1 is 1.12 bits per heavy atom. The minimum Gasteiger partial charge on any atom is -0.430 e. The molecule has 34 heavy (non-hydrogen) atoms. The van der Waals surface area contributed by atoms with E-state index in [2.05, 4.69) is 12.1 Å². The predicted molar refractivity (Wildman–Crippen MR) is 140 cm³/mol. The summed E-state index contributed by atoms with van der Waals surface area (Å²) in [5, 5.41) is 7.16. The van der Waals surface area contributed by atoms with Gasteiger partial charge >= 0.3 is 5.97 Å². The van der Waals surface area contributed by atoms with Gasteiger partial charge in [-0.05, 0) is 75.8 Å². The van der Waals surface area contributed by atoms with Crippen LogP contribution in [-0.4, -0.2) is 11.8 Å². The number of ether oxygens (including phenoxy) is 1. The molecule has 2 aromatic carbocycles. The van der Waals surface area contributed by atoms with Gasteiger partial charge in [0.1, 0.15) is 5.76 Å². The lowest BCUT2D eigenvalue weighted by Gasteiger charge is -2.18. The molecule has 0 amide bonds. The van der Waals surface area contributed by atoms with Crippen molar-refractivity contribution in [2.45, 2.75) is 54.4 Å². The molecule has 0 spiro atoms. The van der Waals surface area contributed by atoms with Crippen LogP contribution in [0.4, 0.5) is 0 Å². The van der Waals surface area contributed by atoms with Crippen LogP contribution < -0.4 is 10.9 Å². The largest absolute Gasteiger partial charge is 0.430 e. The number of allylic oxidation sites excluding steroid dienone is 2. The number of hydrogen-bond acceptors (Lipinski definition) is 6. The lowest BCUT2D eigenvalue weighted by Crippen LogP contribution is -2.22. The zero-order chi connectivity index (χ0) is 25.2. The molecule has 0 saturated carbocycles. The van der Waals surface area contributed by atoms with Gasteiger partial charge in [0.05, 0.1) is 11.0 Å². The number of hydrogen-bond donors (Lipinski definition) is 2. The summed E-state index contributed by atoms with van der Waals surface area (Å²) in [4.78, 5) is 26.5. The third-order valence-electron chi connectivity index (χ3n) is 6.05. The molecule has 1 aliphatic rings. The number of ketones is 1. The number of Topliss-reactive ketones (excluding diaryl/α,β-unsaturated/α-hetero) is 1. The second-order valence-corrected chi connectivity index (χ2v) is 10.6. The number of aryl methyl sites for hydroxylation is 3. The van der Waals surface area contributed by atoms with Crippen LogP contribution in [0, 0.1) is 32.1 Å². The third-order valence-corrected chi connectivity index (χ3v) is 6.44. The molecule has 0 heterocycles. The molecule has 180 valence electrons. The molecular formula is C28H34N2O3S. The summed E-state index contributed by atoms with van der Waals surface area (Å²) in [7, 11) is 0. The molecule has 0 aliphatic heterocycles. The Balaban J connectivity index is 1.95. The molecule has 0 fully saturated rings. The van der Waals surface area contributed by atoms with Crippen LogP contribution >= 0.6 is 11.9 Å². The summed E-state index contributed by atoms with van der Waals surface area (Å²) in [6, 6.07) is 11.9. The molecule has 0 radical (unpaired) electrons. The second kappa shape index (κ2) is 10.2. The zero-order valence-corrected chi connectivity index (χ0v) is 21.6. The molecule has 0 saturated heterocycles. The quantitative estimate of drug-likeness (QED) is 0.414. The minimum absolute atomic E-state index is 0.0229. The van der Waals surface area contributed by atoms with Crippen molar-refractivity contribution < 1.29 is 14.3 Å². The van der Waals surface area contributed by atoms with Crippen molar-refractivity contribution in [1.82, 2.24) is 0 Å². The molecule has 6 heteroatoms. The highest BCUT2D eigenvalue weighted by molar-refractivity contribution is 8.00. The lowest BCUT2D eigenvalue weighted by atomic mass is 9.89. The van der Waals surface area contributed by atoms with E-state index in [9.17, 15) is 9.59 Å². The highest BCUT2D eigenvalue weighted by atomic mass is 32.2. The standard InChI is InChI=1S/C28H34N2O3S/c1-16-11-17(2)24(18(3)12-16)25-23(33-27(32)28(4,5)6)14-21(26(25)31)13-19-7-9-20(10-8-19)22(29)15-34-30/h7-12,15,21H,13-14,29-30H2,1-6H3/b22-15-. The summed E-state index contributed by atoms with van der Waals surface area (Å²) < 4.78 is 5.88. The van der Waals surface area contributed by atoms with Crippen molar-refractivity contribution in [3.63, 3.8) is 0 Å². The SMILES string of the molecule is Cc1cc(C)c(C2=C(OC(=O)C(C)(C)C)CC(Cc3ccc(/C(N)=C/SN)cc3)C2=O)c(C)c1. The molecule has 1 aliphatic carbocycles. The number of benzene rings is 2. The summed E-state index contributed by atoms with van der Waals surface area (Å²) >= 11 is 1.06. The van der Waals surface area contributed by atoms with Crippen LogP contribution in [0.3, 0.4) is 0 Å². The average Bonchev–Trinajstić information content (AvgIpc) is 3.02. The van der Waals surface area contributed by atoms with E-state index >= 15 is 0 Å². The molecule has 1 atom stereocenters. The number of nitrogens with two attached hydrogens (primary N) is 2. The summed E-state index contributed by atoms with van der Waals surface area (Å²) in [5.41, 5.74) is 12.4. The van der Waals surface area contributed by atoms with Gasteiger partial charge in [0.2, 0.25) is 0 Å². The first kappa shape index (κ1) is 25.8. The fourth-order valence-corrected chi connectivity index (χ4v) is 4.66. The fraction of sp³-hybridized carbons (Fsp3) is 0.357. The summed E-state index contributed by atoms with van der Waals surface area (Å²) in [5.74, 6) is -0.125. The van der Waals surface area contributed by atoms with Gasteiger partial charge in [-0.25, -0.2) is 0 Å². The first-order valence-electron chi connectivity index (χ1n) is 11.4. The van der Waals surface area contributed by atoms with Gasteiger partial charge in [0, 0.05) is 23.4 Å². The van der Waals surface area contributed by atoms with Crippen LogP contribution in [0.15, 0.2) is 47.6 Å². The van der Waals surface area contributed by atoms with Gasteiger partial charge in [0.25, 0.3) is 0 Å². The van der Waals surface area contributed by atoms with E-state index in [1.807, 2.05) is 65.8 Å². The van der Waals surface area contributed by atoms with Gasteiger partial charge in [-0.1, -0.05) is 53.9 Å². The summed E-state index contributed by atoms with van der Waals surface area (Å²) in [6.45, 7) is 11.5. The highest BCUT2D eigenvalue weighted by Gasteiger charge is 2.38. The van der Waals surface area contributed by atoms with E-state index in [0.717, 1.165) is 45.3 Å². The smallest absolute Gasteiger partial charge is 0.316 e. The van der Waals surface area contributed by atoms with Crippen molar-refractivity contribution in [2.75, 3.05) is 0 Å². The Hall–Kier alpha value is -2.83. The third kappa shape index (κ3) is 5.62. The fourth-order valence-electron chi connectivity index (χ4n) is 4.38. The van der Waals surface area contributed by atoms with E-state index in [1.54, 1.807) is 5.41 Å². The Bertz CT molecular complexity index is 1150. The molecule has 2 aromatic rings. The monoisotopic (exact) mass is 478 g/mol. The zero-order valence-electron chi connectivity index (χ0n) is 20.8. The normalized spacial score (nSPS) is 16.9. The molecule has 0 bridgehead atoms. The summed E-state index contributed by atoms with van der Waals surface area (Å²) in [6.07, 6.45) is 0.953. The van der Waals surface area contributed by atoms with Crippen molar-refractivity contribution in [3.05, 3.63) is 80.9 Å². The molecule has 0 aromatic heterocycles. The van der Waals surface area contributed by atoms with Crippen LogP contribution in [-0.2, 0) is 20.7 Å². The molecule has 5 nitrogen and oxygen atoms in total. The highest BCUT2D eigenvalue weighted by Crippen LogP contribution is 2.41. The van der Waals surface area contributed by atoms with E-state index < -0.39 is 5.41 Å². The molecular weight excluding hydrogens is 444 g/mol. The van der Waals surface area contributed by atoms with Crippen molar-refractivity contribution in [3.8, 4) is 0 Å². The Labute approximate surface area is 206 Å². The van der Waals surface area contributed by atoms with E-state index in [0.29, 0.717) is 29.9 Å². The maximum atomic E-state index is 13.7. The first-order chi connectivity index (χ1) is 15.9. The molecule has 4 N–H and O–H groups in total. The number of carbonyl (C=O) groups excluding carboxylic acids is 2.